The first kappa shape index (κ1) is 17.6. The number of anilines is 2. The molecule has 0 aliphatic carbocycles. The normalized spacial score (nSPS) is 16.9. The van der Waals surface area contributed by atoms with Crippen LogP contribution in [0.25, 0.3) is 0 Å². The number of carbonyl (C=O) groups excluding carboxylic acids is 1. The Morgan fingerprint density at radius 1 is 1.26 bits per heavy atom. The molecule has 2 aromatic heterocycles. The number of nitrogens with zero attached hydrogens (tertiary/aromatic N) is 3. The van der Waals surface area contributed by atoms with Gasteiger partial charge in [0.05, 0.1) is 10.6 Å². The van der Waals surface area contributed by atoms with Crippen LogP contribution in [0.15, 0.2) is 54.0 Å². The van der Waals surface area contributed by atoms with E-state index in [0.717, 1.165) is 30.0 Å². The van der Waals surface area contributed by atoms with E-state index in [1.54, 1.807) is 18.3 Å². The number of hydrogen-bond acceptors (Lipinski definition) is 5. The molecule has 1 aliphatic rings. The second-order valence-corrected chi connectivity index (χ2v) is 7.46. The fourth-order valence-electron chi connectivity index (χ4n) is 3.31. The van der Waals surface area contributed by atoms with Crippen molar-refractivity contribution in [3.05, 3.63) is 70.4 Å². The van der Waals surface area contributed by atoms with Gasteiger partial charge in [-0.2, -0.15) is 0 Å². The van der Waals surface area contributed by atoms with Crippen molar-refractivity contribution in [2.75, 3.05) is 18.4 Å². The Kier molecular flexibility index (Phi) is 5.11. The SMILES string of the molecule is O=C(c1cccs1)N1CCC[C@@H](c2ccnc(Nc3cccc(F)c3)n2)C1. The first-order valence-electron chi connectivity index (χ1n) is 8.87. The lowest BCUT2D eigenvalue weighted by atomic mass is 9.94. The number of benzene rings is 1. The number of likely N-dealkylation sites (tertiary alicyclic amines) is 1. The van der Waals surface area contributed by atoms with Gasteiger partial charge in [0, 0.05) is 30.9 Å². The molecule has 0 saturated carbocycles. The minimum Gasteiger partial charge on any atom is -0.337 e. The quantitative estimate of drug-likeness (QED) is 0.725. The van der Waals surface area contributed by atoms with Crippen LogP contribution in [0.2, 0.25) is 0 Å². The summed E-state index contributed by atoms with van der Waals surface area (Å²) in [5, 5.41) is 4.96. The molecule has 1 aromatic carbocycles. The molecule has 7 heteroatoms. The molecule has 0 unspecified atom stereocenters. The topological polar surface area (TPSA) is 58.1 Å². The summed E-state index contributed by atoms with van der Waals surface area (Å²) in [4.78, 5) is 24.1. The highest BCUT2D eigenvalue weighted by molar-refractivity contribution is 7.12. The summed E-state index contributed by atoms with van der Waals surface area (Å²) in [6, 6.07) is 11.8. The molecule has 3 aromatic rings. The van der Waals surface area contributed by atoms with Gasteiger partial charge in [-0.05, 0) is 48.6 Å². The smallest absolute Gasteiger partial charge is 0.263 e. The lowest BCUT2D eigenvalue weighted by Crippen LogP contribution is -2.39. The van der Waals surface area contributed by atoms with Gasteiger partial charge in [0.1, 0.15) is 5.82 Å². The van der Waals surface area contributed by atoms with E-state index in [1.165, 1.54) is 23.5 Å². The van der Waals surface area contributed by atoms with Crippen molar-refractivity contribution in [3.63, 3.8) is 0 Å². The molecule has 138 valence electrons. The van der Waals surface area contributed by atoms with Crippen molar-refractivity contribution in [2.45, 2.75) is 18.8 Å². The molecule has 0 bridgehead atoms. The number of amides is 1. The second-order valence-electron chi connectivity index (χ2n) is 6.51. The van der Waals surface area contributed by atoms with Crippen molar-refractivity contribution in [1.82, 2.24) is 14.9 Å². The Morgan fingerprint density at radius 2 is 2.19 bits per heavy atom. The first-order chi connectivity index (χ1) is 13.2. The average molecular weight is 382 g/mol. The average Bonchev–Trinajstić information content (AvgIpc) is 3.23. The van der Waals surface area contributed by atoms with E-state index >= 15 is 0 Å². The van der Waals surface area contributed by atoms with Crippen molar-refractivity contribution >= 4 is 28.9 Å². The Hall–Kier alpha value is -2.80. The van der Waals surface area contributed by atoms with Crippen molar-refractivity contribution < 1.29 is 9.18 Å². The molecular weight excluding hydrogens is 363 g/mol. The van der Waals surface area contributed by atoms with Crippen molar-refractivity contribution in [1.29, 1.82) is 0 Å². The monoisotopic (exact) mass is 382 g/mol. The highest BCUT2D eigenvalue weighted by Gasteiger charge is 2.27. The summed E-state index contributed by atoms with van der Waals surface area (Å²) >= 11 is 1.47. The third kappa shape index (κ3) is 4.14. The predicted octanol–water partition coefficient (Wildman–Crippen LogP) is 4.44. The van der Waals surface area contributed by atoms with Crippen molar-refractivity contribution in [2.24, 2.45) is 0 Å². The van der Waals surface area contributed by atoms with Crippen LogP contribution in [0.1, 0.15) is 34.1 Å². The van der Waals surface area contributed by atoms with Gasteiger partial charge in [-0.1, -0.05) is 12.1 Å². The molecule has 1 atom stereocenters. The van der Waals surface area contributed by atoms with E-state index in [2.05, 4.69) is 15.3 Å². The highest BCUT2D eigenvalue weighted by Crippen LogP contribution is 2.28. The lowest BCUT2D eigenvalue weighted by Gasteiger charge is -2.32. The summed E-state index contributed by atoms with van der Waals surface area (Å²) in [7, 11) is 0. The predicted molar refractivity (Wildman–Crippen MR) is 104 cm³/mol. The number of nitrogens with one attached hydrogen (secondary N) is 1. The molecule has 3 heterocycles. The molecule has 1 fully saturated rings. The van der Waals surface area contributed by atoms with Gasteiger partial charge in [-0.3, -0.25) is 4.79 Å². The Labute approximate surface area is 160 Å². The summed E-state index contributed by atoms with van der Waals surface area (Å²) in [5.74, 6) is 0.367. The molecule has 5 nitrogen and oxygen atoms in total. The third-order valence-corrected chi connectivity index (χ3v) is 5.47. The molecule has 1 N–H and O–H groups in total. The third-order valence-electron chi connectivity index (χ3n) is 4.62. The zero-order valence-corrected chi connectivity index (χ0v) is 15.5. The molecule has 1 saturated heterocycles. The van der Waals surface area contributed by atoms with Crippen LogP contribution in [0.3, 0.4) is 0 Å². The lowest BCUT2D eigenvalue weighted by molar-refractivity contribution is 0.0711. The molecule has 1 amide bonds. The number of hydrogen-bond donors (Lipinski definition) is 1. The number of halogens is 1. The van der Waals surface area contributed by atoms with E-state index < -0.39 is 0 Å². The summed E-state index contributed by atoms with van der Waals surface area (Å²) in [5.41, 5.74) is 1.50. The number of carbonyl (C=O) groups is 1. The van der Waals surface area contributed by atoms with E-state index in [4.69, 9.17) is 0 Å². The van der Waals surface area contributed by atoms with Crippen LogP contribution in [-0.4, -0.2) is 33.9 Å². The standard InChI is InChI=1S/C20H19FN4OS/c21-15-5-1-6-16(12-15)23-20-22-9-8-17(24-20)14-4-2-10-25(13-14)19(26)18-7-3-11-27-18/h1,3,5-9,11-12,14H,2,4,10,13H2,(H,22,23,24)/t14-/m1/s1. The van der Waals surface area contributed by atoms with Gasteiger partial charge in [0.25, 0.3) is 5.91 Å². The van der Waals surface area contributed by atoms with Crippen LogP contribution < -0.4 is 5.32 Å². The fourth-order valence-corrected chi connectivity index (χ4v) is 4.01. The van der Waals surface area contributed by atoms with Crippen LogP contribution in [0.4, 0.5) is 16.0 Å². The summed E-state index contributed by atoms with van der Waals surface area (Å²) < 4.78 is 13.4. The second kappa shape index (κ2) is 7.84. The fraction of sp³-hybridized carbons (Fsp3) is 0.250. The van der Waals surface area contributed by atoms with Crippen LogP contribution in [0, 0.1) is 5.82 Å². The molecule has 0 radical (unpaired) electrons. The van der Waals surface area contributed by atoms with E-state index in [0.29, 0.717) is 18.2 Å². The Morgan fingerprint density at radius 3 is 3.00 bits per heavy atom. The van der Waals surface area contributed by atoms with Gasteiger partial charge in [0.2, 0.25) is 5.95 Å². The molecule has 0 spiro atoms. The molecule has 4 rings (SSSR count). The van der Waals surface area contributed by atoms with Crippen LogP contribution >= 0.6 is 11.3 Å². The molecular formula is C20H19FN4OS. The number of piperidine rings is 1. The van der Waals surface area contributed by atoms with E-state index in [1.807, 2.05) is 28.5 Å². The van der Waals surface area contributed by atoms with E-state index in [9.17, 15) is 9.18 Å². The van der Waals surface area contributed by atoms with Crippen LogP contribution in [-0.2, 0) is 0 Å². The van der Waals surface area contributed by atoms with Gasteiger partial charge in [-0.15, -0.1) is 11.3 Å². The van der Waals surface area contributed by atoms with Crippen LogP contribution in [0.5, 0.6) is 0 Å². The van der Waals surface area contributed by atoms with Gasteiger partial charge in [-0.25, -0.2) is 14.4 Å². The zero-order chi connectivity index (χ0) is 18.6. The van der Waals surface area contributed by atoms with E-state index in [-0.39, 0.29) is 17.6 Å². The minimum absolute atomic E-state index is 0.0851. The summed E-state index contributed by atoms with van der Waals surface area (Å²) in [6.45, 7) is 1.42. The highest BCUT2D eigenvalue weighted by atomic mass is 32.1. The molecule has 27 heavy (non-hydrogen) atoms. The maximum atomic E-state index is 13.4. The minimum atomic E-state index is -0.314. The maximum absolute atomic E-state index is 13.4. The first-order valence-corrected chi connectivity index (χ1v) is 9.75. The van der Waals surface area contributed by atoms with Gasteiger partial charge < -0.3 is 10.2 Å². The number of thiophene rings is 1. The van der Waals surface area contributed by atoms with Gasteiger partial charge >= 0.3 is 0 Å². The van der Waals surface area contributed by atoms with Gasteiger partial charge in [0.15, 0.2) is 0 Å². The largest absolute Gasteiger partial charge is 0.337 e. The molecule has 1 aliphatic heterocycles. The Balaban J connectivity index is 1.48. The zero-order valence-electron chi connectivity index (χ0n) is 14.6. The number of rotatable bonds is 4. The van der Waals surface area contributed by atoms with Crippen molar-refractivity contribution in [3.8, 4) is 0 Å². The Bertz CT molecular complexity index is 931. The summed E-state index contributed by atoms with van der Waals surface area (Å²) in [6.07, 6.45) is 3.62. The number of aromatic nitrogens is 2. The maximum Gasteiger partial charge on any atom is 0.263 e.